The quantitative estimate of drug-likeness (QED) is 0.243. The normalized spacial score (nSPS) is 11.0. The second-order valence-corrected chi connectivity index (χ2v) is 7.98. The third kappa shape index (κ3) is 5.45. The number of ether oxygens (including phenoxy) is 2. The third-order valence-electron chi connectivity index (χ3n) is 5.01. The predicted molar refractivity (Wildman–Crippen MR) is 133 cm³/mol. The van der Waals surface area contributed by atoms with Crippen LogP contribution in [0.1, 0.15) is 21.5 Å². The van der Waals surface area contributed by atoms with Gasteiger partial charge in [-0.2, -0.15) is 5.10 Å². The number of benzene rings is 4. The highest BCUT2D eigenvalue weighted by Crippen LogP contribution is 2.29. The lowest BCUT2D eigenvalue weighted by Crippen LogP contribution is -2.17. The van der Waals surface area contributed by atoms with E-state index >= 15 is 0 Å². The van der Waals surface area contributed by atoms with Crippen LogP contribution in [-0.4, -0.2) is 19.2 Å². The van der Waals surface area contributed by atoms with Crippen LogP contribution in [0.25, 0.3) is 10.8 Å². The summed E-state index contributed by atoms with van der Waals surface area (Å²) < 4.78 is 11.5. The van der Waals surface area contributed by atoms with Gasteiger partial charge >= 0.3 is 0 Å². The second kappa shape index (κ2) is 10.4. The van der Waals surface area contributed by atoms with Gasteiger partial charge in [-0.25, -0.2) is 5.43 Å². The molecular formula is C26H20Cl2N2O3. The molecule has 0 fully saturated rings. The molecular weight excluding hydrogens is 459 g/mol. The molecule has 0 saturated heterocycles. The topological polar surface area (TPSA) is 59.9 Å². The number of amides is 1. The number of rotatable bonds is 7. The van der Waals surface area contributed by atoms with Gasteiger partial charge in [0.05, 0.1) is 23.4 Å². The zero-order valence-corrected chi connectivity index (χ0v) is 19.2. The summed E-state index contributed by atoms with van der Waals surface area (Å²) in [7, 11) is 1.58. The van der Waals surface area contributed by atoms with Crippen molar-refractivity contribution in [3.05, 3.63) is 106 Å². The summed E-state index contributed by atoms with van der Waals surface area (Å²) in [5, 5.41) is 7.01. The van der Waals surface area contributed by atoms with Crippen LogP contribution in [0.2, 0.25) is 10.0 Å². The van der Waals surface area contributed by atoms with E-state index in [0.29, 0.717) is 33.7 Å². The Hall–Kier alpha value is -3.54. The van der Waals surface area contributed by atoms with Gasteiger partial charge in [0.15, 0.2) is 11.5 Å². The maximum absolute atomic E-state index is 12.2. The van der Waals surface area contributed by atoms with E-state index in [1.54, 1.807) is 25.3 Å². The van der Waals surface area contributed by atoms with Crippen LogP contribution < -0.4 is 14.9 Å². The van der Waals surface area contributed by atoms with Crippen molar-refractivity contribution in [1.29, 1.82) is 0 Å². The molecule has 0 bridgehead atoms. The van der Waals surface area contributed by atoms with Crippen LogP contribution in [0.3, 0.4) is 0 Å². The molecule has 4 aromatic carbocycles. The smallest absolute Gasteiger partial charge is 0.271 e. The van der Waals surface area contributed by atoms with Crippen LogP contribution in [0.5, 0.6) is 11.5 Å². The van der Waals surface area contributed by atoms with Gasteiger partial charge < -0.3 is 9.47 Å². The average molecular weight is 479 g/mol. The summed E-state index contributed by atoms with van der Waals surface area (Å²) in [6.07, 6.45) is 1.52. The van der Waals surface area contributed by atoms with E-state index in [2.05, 4.69) is 28.7 Å². The molecule has 4 rings (SSSR count). The number of carbonyl (C=O) groups excluding carboxylic acids is 1. The van der Waals surface area contributed by atoms with E-state index < -0.39 is 5.91 Å². The zero-order valence-electron chi connectivity index (χ0n) is 17.7. The van der Waals surface area contributed by atoms with Gasteiger partial charge in [0, 0.05) is 5.56 Å². The van der Waals surface area contributed by atoms with Crippen LogP contribution in [-0.2, 0) is 6.61 Å². The van der Waals surface area contributed by atoms with E-state index in [1.807, 2.05) is 36.4 Å². The van der Waals surface area contributed by atoms with E-state index in [9.17, 15) is 4.79 Å². The van der Waals surface area contributed by atoms with Crippen LogP contribution in [0.4, 0.5) is 0 Å². The summed E-state index contributed by atoms with van der Waals surface area (Å²) in [5.41, 5.74) is 4.65. The van der Waals surface area contributed by atoms with Gasteiger partial charge in [-0.1, -0.05) is 65.7 Å². The molecule has 4 aromatic rings. The third-order valence-corrected chi connectivity index (χ3v) is 5.75. The van der Waals surface area contributed by atoms with Crippen molar-refractivity contribution >= 4 is 46.1 Å². The first-order valence-corrected chi connectivity index (χ1v) is 10.9. The molecule has 0 atom stereocenters. The number of hydrogen-bond acceptors (Lipinski definition) is 4. The first kappa shape index (κ1) is 22.6. The van der Waals surface area contributed by atoms with Crippen molar-refractivity contribution in [2.75, 3.05) is 7.11 Å². The van der Waals surface area contributed by atoms with Gasteiger partial charge in [0.25, 0.3) is 5.91 Å². The maximum Gasteiger partial charge on any atom is 0.271 e. The summed E-state index contributed by atoms with van der Waals surface area (Å²) in [6.45, 7) is 0.408. The van der Waals surface area contributed by atoms with Crippen molar-refractivity contribution in [3.8, 4) is 11.5 Å². The fourth-order valence-corrected chi connectivity index (χ4v) is 3.62. The number of nitrogens with one attached hydrogen (secondary N) is 1. The molecule has 0 spiro atoms. The van der Waals surface area contributed by atoms with E-state index in [4.69, 9.17) is 32.7 Å². The fourth-order valence-electron chi connectivity index (χ4n) is 3.32. The Morgan fingerprint density at radius 3 is 2.58 bits per heavy atom. The molecule has 0 aliphatic carbocycles. The fraction of sp³-hybridized carbons (Fsp3) is 0.0769. The van der Waals surface area contributed by atoms with Crippen LogP contribution in [0.15, 0.2) is 84.0 Å². The lowest BCUT2D eigenvalue weighted by molar-refractivity contribution is 0.0955. The number of fused-ring (bicyclic) bond motifs is 1. The van der Waals surface area contributed by atoms with Gasteiger partial charge in [-0.3, -0.25) is 4.79 Å². The molecule has 0 unspecified atom stereocenters. The van der Waals surface area contributed by atoms with Crippen molar-refractivity contribution < 1.29 is 14.3 Å². The molecule has 0 radical (unpaired) electrons. The van der Waals surface area contributed by atoms with Gasteiger partial charge in [0.1, 0.15) is 6.61 Å². The molecule has 33 heavy (non-hydrogen) atoms. The van der Waals surface area contributed by atoms with Gasteiger partial charge in [-0.15, -0.1) is 0 Å². The Balaban J connectivity index is 1.43. The molecule has 0 saturated carbocycles. The Morgan fingerprint density at radius 1 is 0.939 bits per heavy atom. The molecule has 0 heterocycles. The Morgan fingerprint density at radius 2 is 1.76 bits per heavy atom. The van der Waals surface area contributed by atoms with Crippen LogP contribution >= 0.6 is 23.2 Å². The minimum Gasteiger partial charge on any atom is -0.493 e. The number of carbonyl (C=O) groups is 1. The lowest BCUT2D eigenvalue weighted by atomic mass is 10.1. The molecule has 0 aromatic heterocycles. The standard InChI is InChI=1S/C26H20Cl2N2O3/c1-32-25-13-17(15-29-30-26(31)19-10-11-22(27)23(28)14-19)9-12-24(25)33-16-20-7-4-6-18-5-2-3-8-21(18)20/h2-15H,16H2,1H3,(H,30,31)/b29-15-. The number of methoxy groups -OCH3 is 1. The predicted octanol–water partition coefficient (Wildman–Crippen LogP) is 6.50. The average Bonchev–Trinajstić information content (AvgIpc) is 2.84. The molecule has 5 nitrogen and oxygen atoms in total. The van der Waals surface area contributed by atoms with Crippen molar-refractivity contribution in [1.82, 2.24) is 5.43 Å². The summed E-state index contributed by atoms with van der Waals surface area (Å²) in [5.74, 6) is 0.782. The van der Waals surface area contributed by atoms with Crippen molar-refractivity contribution in [2.24, 2.45) is 5.10 Å². The van der Waals surface area contributed by atoms with Gasteiger partial charge in [-0.05, 0) is 58.3 Å². The molecule has 0 aliphatic heterocycles. The molecule has 1 amide bonds. The lowest BCUT2D eigenvalue weighted by Gasteiger charge is -2.12. The van der Waals surface area contributed by atoms with E-state index in [0.717, 1.165) is 16.5 Å². The molecule has 166 valence electrons. The first-order valence-electron chi connectivity index (χ1n) is 10.1. The highest BCUT2D eigenvalue weighted by atomic mass is 35.5. The number of nitrogens with zero attached hydrogens (tertiary/aromatic N) is 1. The second-order valence-electron chi connectivity index (χ2n) is 7.17. The minimum atomic E-state index is -0.396. The number of hydrazone groups is 1. The highest BCUT2D eigenvalue weighted by Gasteiger charge is 2.09. The monoisotopic (exact) mass is 478 g/mol. The zero-order chi connectivity index (χ0) is 23.2. The summed E-state index contributed by atoms with van der Waals surface area (Å²) >= 11 is 11.8. The minimum absolute atomic E-state index is 0.303. The highest BCUT2D eigenvalue weighted by molar-refractivity contribution is 6.42. The largest absolute Gasteiger partial charge is 0.493 e. The van der Waals surface area contributed by atoms with E-state index in [1.165, 1.54) is 17.7 Å². The Kier molecular flexibility index (Phi) is 7.13. The van der Waals surface area contributed by atoms with Crippen LogP contribution in [0, 0.1) is 0 Å². The van der Waals surface area contributed by atoms with Gasteiger partial charge in [0.2, 0.25) is 0 Å². The van der Waals surface area contributed by atoms with Crippen molar-refractivity contribution in [2.45, 2.75) is 6.61 Å². The Bertz CT molecular complexity index is 1330. The van der Waals surface area contributed by atoms with Crippen molar-refractivity contribution in [3.63, 3.8) is 0 Å². The number of halogens is 2. The summed E-state index contributed by atoms with van der Waals surface area (Å²) in [6, 6.07) is 24.4. The molecule has 0 aliphatic rings. The molecule has 1 N–H and O–H groups in total. The van der Waals surface area contributed by atoms with E-state index in [-0.39, 0.29) is 0 Å². The Labute approximate surface area is 201 Å². The molecule has 7 heteroatoms. The SMILES string of the molecule is COc1cc(/C=N\NC(=O)c2ccc(Cl)c(Cl)c2)ccc1OCc1cccc2ccccc12. The summed E-state index contributed by atoms with van der Waals surface area (Å²) in [4.78, 5) is 12.2. The maximum atomic E-state index is 12.2. The number of hydrogen-bond donors (Lipinski definition) is 1. The first-order chi connectivity index (χ1) is 16.0.